The van der Waals surface area contributed by atoms with Crippen LogP contribution in [0.3, 0.4) is 0 Å². The monoisotopic (exact) mass is 486 g/mol. The Bertz CT molecular complexity index is 834. The molecule has 1 aromatic heterocycles. The van der Waals surface area contributed by atoms with E-state index in [0.29, 0.717) is 11.6 Å². The molecule has 1 aliphatic carbocycles. The second kappa shape index (κ2) is 11.5. The Kier molecular flexibility index (Phi) is 8.46. The Morgan fingerprint density at radius 2 is 1.63 bits per heavy atom. The molecule has 1 N–H and O–H groups in total. The number of carbonyl (C=O) groups excluding carboxylic acids is 2. The van der Waals surface area contributed by atoms with E-state index in [2.05, 4.69) is 25.3 Å². The van der Waals surface area contributed by atoms with Gasteiger partial charge in [-0.15, -0.1) is 10.2 Å². The van der Waals surface area contributed by atoms with Gasteiger partial charge in [0.1, 0.15) is 5.60 Å². The number of nitrogens with one attached hydrogen (secondary N) is 1. The third-order valence-corrected chi connectivity index (χ3v) is 7.30. The molecule has 1 aromatic rings. The normalized spacial score (nSPS) is 21.1. The van der Waals surface area contributed by atoms with E-state index in [0.717, 1.165) is 77.3 Å². The van der Waals surface area contributed by atoms with Crippen molar-refractivity contribution in [3.8, 4) is 0 Å². The average Bonchev–Trinajstić information content (AvgIpc) is 2.85. The summed E-state index contributed by atoms with van der Waals surface area (Å²) in [5.41, 5.74) is -0.0476. The zero-order chi connectivity index (χ0) is 24.8. The first-order chi connectivity index (χ1) is 16.8. The van der Waals surface area contributed by atoms with Crippen molar-refractivity contribution in [3.05, 3.63) is 17.8 Å². The minimum Gasteiger partial charge on any atom is -0.444 e. The number of nitrogens with zero attached hydrogens (tertiary/aromatic N) is 5. The first-order valence-electron chi connectivity index (χ1n) is 13.4. The number of rotatable bonds is 5. The molecule has 9 nitrogen and oxygen atoms in total. The molecule has 0 spiro atoms. The molecule has 194 valence electrons. The van der Waals surface area contributed by atoms with Gasteiger partial charge in [-0.1, -0.05) is 19.3 Å². The molecular formula is C26H42N6O3. The lowest BCUT2D eigenvalue weighted by atomic mass is 9.95. The summed E-state index contributed by atoms with van der Waals surface area (Å²) in [6, 6.07) is 4.01. The van der Waals surface area contributed by atoms with Crippen LogP contribution in [0.25, 0.3) is 0 Å². The molecule has 2 amide bonds. The lowest BCUT2D eigenvalue weighted by molar-refractivity contribution is 0.0130. The Balaban J connectivity index is 1.17. The number of carbonyl (C=O) groups is 2. The number of piperidine rings is 1. The van der Waals surface area contributed by atoms with Crippen molar-refractivity contribution in [3.63, 3.8) is 0 Å². The van der Waals surface area contributed by atoms with Crippen LogP contribution in [0, 0.1) is 5.92 Å². The SMILES string of the molecule is CC(C)(C)OC(=O)N1CCN(CC2CCN(c3ccc(C(=O)NC4CCCCC4)nn3)CC2)CC1. The number of piperazine rings is 1. The molecule has 3 aliphatic rings. The molecule has 0 aromatic carbocycles. The molecule has 1 saturated carbocycles. The van der Waals surface area contributed by atoms with Crippen LogP contribution in [0.1, 0.15) is 76.2 Å². The van der Waals surface area contributed by atoms with Gasteiger partial charge >= 0.3 is 6.09 Å². The van der Waals surface area contributed by atoms with Gasteiger partial charge in [0.2, 0.25) is 0 Å². The minimum atomic E-state index is -0.450. The van der Waals surface area contributed by atoms with Crippen molar-refractivity contribution in [2.75, 3.05) is 50.7 Å². The van der Waals surface area contributed by atoms with Crippen LogP contribution < -0.4 is 10.2 Å². The number of hydrogen-bond donors (Lipinski definition) is 1. The van der Waals surface area contributed by atoms with Crippen molar-refractivity contribution >= 4 is 17.8 Å². The number of aromatic nitrogens is 2. The largest absolute Gasteiger partial charge is 0.444 e. The Morgan fingerprint density at radius 1 is 0.943 bits per heavy atom. The summed E-state index contributed by atoms with van der Waals surface area (Å²) < 4.78 is 5.50. The highest BCUT2D eigenvalue weighted by molar-refractivity contribution is 5.92. The van der Waals surface area contributed by atoms with Gasteiger partial charge in [-0.2, -0.15) is 0 Å². The number of hydrogen-bond acceptors (Lipinski definition) is 7. The van der Waals surface area contributed by atoms with Crippen molar-refractivity contribution < 1.29 is 14.3 Å². The van der Waals surface area contributed by atoms with Crippen molar-refractivity contribution in [2.45, 2.75) is 77.4 Å². The van der Waals surface area contributed by atoms with E-state index in [1.807, 2.05) is 31.7 Å². The molecule has 35 heavy (non-hydrogen) atoms. The Morgan fingerprint density at radius 3 is 2.23 bits per heavy atom. The van der Waals surface area contributed by atoms with Crippen molar-refractivity contribution in [1.82, 2.24) is 25.3 Å². The minimum absolute atomic E-state index is 0.110. The van der Waals surface area contributed by atoms with E-state index >= 15 is 0 Å². The number of ether oxygens (including phenoxy) is 1. The summed E-state index contributed by atoms with van der Waals surface area (Å²) in [6.45, 7) is 11.9. The van der Waals surface area contributed by atoms with Crippen LogP contribution in [0.2, 0.25) is 0 Å². The fourth-order valence-corrected chi connectivity index (χ4v) is 5.27. The Labute approximate surface area is 209 Å². The van der Waals surface area contributed by atoms with E-state index in [4.69, 9.17) is 4.74 Å². The zero-order valence-corrected chi connectivity index (χ0v) is 21.7. The van der Waals surface area contributed by atoms with Gasteiger partial charge in [0, 0.05) is 51.9 Å². The fraction of sp³-hybridized carbons (Fsp3) is 0.769. The van der Waals surface area contributed by atoms with Gasteiger partial charge in [0.15, 0.2) is 11.5 Å². The lowest BCUT2D eigenvalue weighted by Crippen LogP contribution is -2.51. The van der Waals surface area contributed by atoms with E-state index < -0.39 is 5.60 Å². The highest BCUT2D eigenvalue weighted by atomic mass is 16.6. The van der Waals surface area contributed by atoms with Crippen LogP contribution in [0.5, 0.6) is 0 Å². The summed E-state index contributed by atoms with van der Waals surface area (Å²) in [6.07, 6.45) is 7.78. The summed E-state index contributed by atoms with van der Waals surface area (Å²) >= 11 is 0. The zero-order valence-electron chi connectivity index (χ0n) is 21.7. The third-order valence-electron chi connectivity index (χ3n) is 7.30. The number of amides is 2. The molecule has 9 heteroatoms. The maximum Gasteiger partial charge on any atom is 0.410 e. The second-order valence-corrected chi connectivity index (χ2v) is 11.3. The van der Waals surface area contributed by atoms with Gasteiger partial charge in [-0.3, -0.25) is 9.69 Å². The summed E-state index contributed by atoms with van der Waals surface area (Å²) in [5.74, 6) is 1.39. The predicted octanol–water partition coefficient (Wildman–Crippen LogP) is 3.31. The molecule has 4 rings (SSSR count). The van der Waals surface area contributed by atoms with Gasteiger partial charge < -0.3 is 19.9 Å². The summed E-state index contributed by atoms with van der Waals surface area (Å²) in [4.78, 5) is 31.3. The quantitative estimate of drug-likeness (QED) is 0.683. The second-order valence-electron chi connectivity index (χ2n) is 11.3. The van der Waals surface area contributed by atoms with Crippen LogP contribution >= 0.6 is 0 Å². The average molecular weight is 487 g/mol. The van der Waals surface area contributed by atoms with Gasteiger partial charge in [-0.25, -0.2) is 4.79 Å². The van der Waals surface area contributed by atoms with Gasteiger partial charge in [0.05, 0.1) is 0 Å². The molecule has 0 bridgehead atoms. The van der Waals surface area contributed by atoms with Gasteiger partial charge in [0.25, 0.3) is 5.91 Å². The topological polar surface area (TPSA) is 90.9 Å². The molecule has 0 atom stereocenters. The molecule has 0 radical (unpaired) electrons. The Hall–Kier alpha value is -2.42. The molecule has 0 unspecified atom stereocenters. The van der Waals surface area contributed by atoms with Crippen LogP contribution in [-0.4, -0.2) is 89.5 Å². The smallest absolute Gasteiger partial charge is 0.410 e. The van der Waals surface area contributed by atoms with Crippen LogP contribution in [0.4, 0.5) is 10.6 Å². The molecule has 2 saturated heterocycles. The summed E-state index contributed by atoms with van der Waals surface area (Å²) in [5, 5.41) is 11.7. The van der Waals surface area contributed by atoms with Crippen LogP contribution in [0.15, 0.2) is 12.1 Å². The standard InChI is InChI=1S/C26H42N6O3/c1-26(2,3)35-25(34)32-17-15-30(16-18-32)19-20-11-13-31(14-12-20)23-10-9-22(28-29-23)24(33)27-21-7-5-4-6-8-21/h9-10,20-21H,4-8,11-19H2,1-3H3,(H,27,33). The summed E-state index contributed by atoms with van der Waals surface area (Å²) in [7, 11) is 0. The fourth-order valence-electron chi connectivity index (χ4n) is 5.27. The third kappa shape index (κ3) is 7.53. The molecule has 3 heterocycles. The molecule has 2 aliphatic heterocycles. The van der Waals surface area contributed by atoms with Gasteiger partial charge in [-0.05, 0) is 64.5 Å². The van der Waals surface area contributed by atoms with E-state index in [9.17, 15) is 9.59 Å². The van der Waals surface area contributed by atoms with E-state index in [1.54, 1.807) is 6.07 Å². The first kappa shape index (κ1) is 25.7. The highest BCUT2D eigenvalue weighted by Crippen LogP contribution is 2.23. The van der Waals surface area contributed by atoms with E-state index in [1.165, 1.54) is 19.3 Å². The number of anilines is 1. The molecular weight excluding hydrogens is 444 g/mol. The highest BCUT2D eigenvalue weighted by Gasteiger charge is 2.28. The van der Waals surface area contributed by atoms with Crippen molar-refractivity contribution in [2.24, 2.45) is 5.92 Å². The van der Waals surface area contributed by atoms with Crippen LogP contribution in [-0.2, 0) is 4.74 Å². The van der Waals surface area contributed by atoms with E-state index in [-0.39, 0.29) is 18.0 Å². The molecule has 3 fully saturated rings. The predicted molar refractivity (Wildman–Crippen MR) is 136 cm³/mol. The first-order valence-corrected chi connectivity index (χ1v) is 13.4. The maximum absolute atomic E-state index is 12.5. The van der Waals surface area contributed by atoms with Crippen molar-refractivity contribution in [1.29, 1.82) is 0 Å². The lowest BCUT2D eigenvalue weighted by Gasteiger charge is -2.39. The maximum atomic E-state index is 12.5.